The Labute approximate surface area is 112 Å². The van der Waals surface area contributed by atoms with Gasteiger partial charge in [0.2, 0.25) is 0 Å². The van der Waals surface area contributed by atoms with Crippen molar-refractivity contribution < 1.29 is 0 Å². The van der Waals surface area contributed by atoms with Crippen LogP contribution in [0.4, 0.5) is 0 Å². The van der Waals surface area contributed by atoms with Crippen LogP contribution in [0.5, 0.6) is 0 Å². The van der Waals surface area contributed by atoms with E-state index in [1.165, 1.54) is 46.3 Å². The second-order valence-corrected chi connectivity index (χ2v) is 5.74. The van der Waals surface area contributed by atoms with Gasteiger partial charge in [-0.2, -0.15) is 0 Å². The number of likely N-dealkylation sites (N-methyl/N-ethyl adjacent to an activating group) is 1. The zero-order valence-corrected chi connectivity index (χ0v) is 12.6. The molecule has 2 rings (SSSR count). The van der Waals surface area contributed by atoms with Gasteiger partial charge in [-0.25, -0.2) is 0 Å². The van der Waals surface area contributed by atoms with Crippen LogP contribution in [-0.4, -0.2) is 25.0 Å². The third-order valence-corrected chi connectivity index (χ3v) is 4.73. The van der Waals surface area contributed by atoms with E-state index >= 15 is 0 Å². The van der Waals surface area contributed by atoms with Gasteiger partial charge in [-0.05, 0) is 87.0 Å². The quantitative estimate of drug-likeness (QED) is 0.722. The van der Waals surface area contributed by atoms with Gasteiger partial charge >= 0.3 is 0 Å². The largest absolute Gasteiger partial charge is 0.302 e. The number of rotatable bonds is 1. The molecular weight excluding hydrogens is 218 g/mol. The Hall–Kier alpha value is -1.08. The maximum atomic E-state index is 2.41. The Morgan fingerprint density at radius 1 is 0.833 bits per heavy atom. The lowest BCUT2D eigenvalue weighted by Crippen LogP contribution is -2.24. The van der Waals surface area contributed by atoms with Gasteiger partial charge < -0.3 is 4.90 Å². The van der Waals surface area contributed by atoms with Crippen molar-refractivity contribution in [1.29, 1.82) is 0 Å². The fourth-order valence-electron chi connectivity index (χ4n) is 2.98. The molecule has 1 heterocycles. The van der Waals surface area contributed by atoms with Crippen LogP contribution in [0.15, 0.2) is 6.08 Å². The predicted octanol–water partition coefficient (Wildman–Crippen LogP) is 3.95. The van der Waals surface area contributed by atoms with Crippen LogP contribution in [-0.2, 0) is 0 Å². The molecule has 0 fully saturated rings. The van der Waals surface area contributed by atoms with Crippen LogP contribution >= 0.6 is 0 Å². The molecule has 1 nitrogen and oxygen atoms in total. The standard InChI is InChI=1S/C17H25N/c1-11-12(2)14(4)17(15(5)13(11)3)16-7-9-18(6)10-8-16/h7H,8-10H2,1-6H3. The normalized spacial score (nSPS) is 16.9. The smallest absolute Gasteiger partial charge is 0.0166 e. The lowest BCUT2D eigenvalue weighted by atomic mass is 9.84. The lowest BCUT2D eigenvalue weighted by Gasteiger charge is -2.26. The molecule has 98 valence electrons. The zero-order chi connectivity index (χ0) is 13.4. The molecule has 0 atom stereocenters. The Bertz CT molecular complexity index is 480. The molecule has 0 N–H and O–H groups in total. The van der Waals surface area contributed by atoms with Crippen LogP contribution < -0.4 is 0 Å². The Morgan fingerprint density at radius 2 is 1.33 bits per heavy atom. The molecule has 0 amide bonds. The molecule has 0 radical (unpaired) electrons. The number of hydrogen-bond donors (Lipinski definition) is 0. The van der Waals surface area contributed by atoms with Gasteiger partial charge in [0.25, 0.3) is 0 Å². The van der Waals surface area contributed by atoms with Crippen LogP contribution in [0.3, 0.4) is 0 Å². The van der Waals surface area contributed by atoms with Crippen molar-refractivity contribution in [1.82, 2.24) is 4.90 Å². The first-order chi connectivity index (χ1) is 8.43. The molecule has 1 aromatic carbocycles. The predicted molar refractivity (Wildman–Crippen MR) is 80.2 cm³/mol. The first kappa shape index (κ1) is 13.4. The molecule has 0 unspecified atom stereocenters. The van der Waals surface area contributed by atoms with Crippen molar-refractivity contribution in [2.24, 2.45) is 0 Å². The van der Waals surface area contributed by atoms with Crippen LogP contribution in [0.25, 0.3) is 5.57 Å². The highest BCUT2D eigenvalue weighted by Gasteiger charge is 2.17. The highest BCUT2D eigenvalue weighted by Crippen LogP contribution is 2.33. The van der Waals surface area contributed by atoms with E-state index in [4.69, 9.17) is 0 Å². The molecule has 1 aliphatic heterocycles. The van der Waals surface area contributed by atoms with Crippen molar-refractivity contribution >= 4 is 5.57 Å². The second kappa shape index (κ2) is 4.89. The van der Waals surface area contributed by atoms with Crippen molar-refractivity contribution in [3.63, 3.8) is 0 Å². The van der Waals surface area contributed by atoms with Gasteiger partial charge in [0.15, 0.2) is 0 Å². The van der Waals surface area contributed by atoms with E-state index in [0.717, 1.165) is 6.54 Å². The topological polar surface area (TPSA) is 3.24 Å². The van der Waals surface area contributed by atoms with Crippen molar-refractivity contribution in [2.75, 3.05) is 20.1 Å². The molecule has 0 bridgehead atoms. The van der Waals surface area contributed by atoms with E-state index < -0.39 is 0 Å². The summed E-state index contributed by atoms with van der Waals surface area (Å²) in [6.45, 7) is 13.6. The molecule has 1 aliphatic rings. The average molecular weight is 243 g/mol. The van der Waals surface area contributed by atoms with Gasteiger partial charge in [0, 0.05) is 13.1 Å². The molecule has 0 saturated carbocycles. The van der Waals surface area contributed by atoms with Gasteiger partial charge in [-0.1, -0.05) is 6.08 Å². The minimum Gasteiger partial charge on any atom is -0.302 e. The summed E-state index contributed by atoms with van der Waals surface area (Å²) in [7, 11) is 2.19. The average Bonchev–Trinajstić information content (AvgIpc) is 2.36. The number of nitrogens with zero attached hydrogens (tertiary/aromatic N) is 1. The van der Waals surface area contributed by atoms with Gasteiger partial charge in [-0.3, -0.25) is 0 Å². The maximum Gasteiger partial charge on any atom is 0.0166 e. The first-order valence-electron chi connectivity index (χ1n) is 6.88. The minimum absolute atomic E-state index is 1.08. The Morgan fingerprint density at radius 3 is 1.78 bits per heavy atom. The molecule has 1 heteroatoms. The molecule has 0 aliphatic carbocycles. The van der Waals surface area contributed by atoms with E-state index in [9.17, 15) is 0 Å². The third kappa shape index (κ3) is 2.12. The summed E-state index contributed by atoms with van der Waals surface area (Å²) >= 11 is 0. The molecule has 1 aromatic rings. The summed E-state index contributed by atoms with van der Waals surface area (Å²) in [5, 5.41) is 0. The van der Waals surface area contributed by atoms with Gasteiger partial charge in [0.05, 0.1) is 0 Å². The van der Waals surface area contributed by atoms with E-state index in [1.807, 2.05) is 0 Å². The fourth-order valence-corrected chi connectivity index (χ4v) is 2.98. The molecule has 0 aromatic heterocycles. The molecule has 0 saturated heterocycles. The number of hydrogen-bond acceptors (Lipinski definition) is 1. The molecule has 18 heavy (non-hydrogen) atoms. The summed E-state index contributed by atoms with van der Waals surface area (Å²) in [6.07, 6.45) is 3.59. The lowest BCUT2D eigenvalue weighted by molar-refractivity contribution is 0.370. The number of benzene rings is 1. The van der Waals surface area contributed by atoms with E-state index in [-0.39, 0.29) is 0 Å². The summed E-state index contributed by atoms with van der Waals surface area (Å²) in [4.78, 5) is 2.38. The Balaban J connectivity index is 2.58. The molecular formula is C17H25N. The maximum absolute atomic E-state index is 2.41. The highest BCUT2D eigenvalue weighted by molar-refractivity contribution is 5.74. The summed E-state index contributed by atoms with van der Waals surface area (Å²) in [6, 6.07) is 0. The van der Waals surface area contributed by atoms with Gasteiger partial charge in [0.1, 0.15) is 0 Å². The van der Waals surface area contributed by atoms with E-state index in [2.05, 4.69) is 52.6 Å². The monoisotopic (exact) mass is 243 g/mol. The third-order valence-electron chi connectivity index (χ3n) is 4.73. The van der Waals surface area contributed by atoms with Crippen LogP contribution in [0.2, 0.25) is 0 Å². The summed E-state index contributed by atoms with van der Waals surface area (Å²) < 4.78 is 0. The van der Waals surface area contributed by atoms with Gasteiger partial charge in [-0.15, -0.1) is 0 Å². The summed E-state index contributed by atoms with van der Waals surface area (Å²) in [5.41, 5.74) is 10.4. The van der Waals surface area contributed by atoms with Crippen molar-refractivity contribution in [3.8, 4) is 0 Å². The van der Waals surface area contributed by atoms with Crippen molar-refractivity contribution in [3.05, 3.63) is 39.5 Å². The zero-order valence-electron chi connectivity index (χ0n) is 12.6. The fraction of sp³-hybridized carbons (Fsp3) is 0.529. The first-order valence-corrected chi connectivity index (χ1v) is 6.88. The summed E-state index contributed by atoms with van der Waals surface area (Å²) in [5.74, 6) is 0. The van der Waals surface area contributed by atoms with E-state index in [1.54, 1.807) is 5.57 Å². The van der Waals surface area contributed by atoms with Crippen LogP contribution in [0.1, 0.15) is 39.8 Å². The SMILES string of the molecule is Cc1c(C)c(C)c(C2=CCN(C)CC2)c(C)c1C. The highest BCUT2D eigenvalue weighted by atomic mass is 15.1. The second-order valence-electron chi connectivity index (χ2n) is 5.74. The molecule has 0 spiro atoms. The van der Waals surface area contributed by atoms with Crippen molar-refractivity contribution in [2.45, 2.75) is 41.0 Å². The van der Waals surface area contributed by atoms with E-state index in [0.29, 0.717) is 0 Å². The Kier molecular flexibility index (Phi) is 3.63. The van der Waals surface area contributed by atoms with Crippen LogP contribution in [0, 0.1) is 34.6 Å². The minimum atomic E-state index is 1.08.